The molecule has 0 atom stereocenters. The van der Waals surface area contributed by atoms with E-state index < -0.39 is 18.6 Å². The molecule has 0 aliphatic carbocycles. The highest BCUT2D eigenvalue weighted by Crippen LogP contribution is 2.36. The smallest absolute Gasteiger partial charge is 0.405 e. The van der Waals surface area contributed by atoms with E-state index >= 15 is 0 Å². The van der Waals surface area contributed by atoms with Crippen molar-refractivity contribution in [2.75, 3.05) is 20.8 Å². The van der Waals surface area contributed by atoms with Crippen LogP contribution in [0.15, 0.2) is 47.2 Å². The Morgan fingerprint density at radius 2 is 1.82 bits per heavy atom. The first-order valence-corrected chi connectivity index (χ1v) is 9.72. The first kappa shape index (κ1) is 22.2. The van der Waals surface area contributed by atoms with E-state index in [1.807, 2.05) is 34.8 Å². The summed E-state index contributed by atoms with van der Waals surface area (Å²) in [5.74, 6) is -0.227. The number of carbonyl (C=O) groups excluding carboxylic acids is 1. The van der Waals surface area contributed by atoms with Crippen molar-refractivity contribution >= 4 is 11.6 Å². The van der Waals surface area contributed by atoms with Crippen molar-refractivity contribution in [1.29, 1.82) is 0 Å². The number of hydrogen-bond acceptors (Lipinski definition) is 6. The monoisotopic (exact) mass is 460 g/mol. The molecule has 8 nitrogen and oxygen atoms in total. The highest BCUT2D eigenvalue weighted by Gasteiger charge is 2.30. The second-order valence-electron chi connectivity index (χ2n) is 7.17. The third kappa shape index (κ3) is 4.47. The van der Waals surface area contributed by atoms with Gasteiger partial charge in [-0.15, -0.1) is 0 Å². The van der Waals surface area contributed by atoms with Crippen LogP contribution < -0.4 is 14.8 Å². The van der Waals surface area contributed by atoms with Crippen LogP contribution in [0.2, 0.25) is 0 Å². The van der Waals surface area contributed by atoms with Gasteiger partial charge < -0.3 is 19.3 Å². The summed E-state index contributed by atoms with van der Waals surface area (Å²) in [5, 5.41) is 5.73. The Bertz CT molecular complexity index is 1300. The van der Waals surface area contributed by atoms with Crippen molar-refractivity contribution in [1.82, 2.24) is 19.9 Å². The quantitative estimate of drug-likeness (QED) is 0.462. The second kappa shape index (κ2) is 8.49. The number of nitrogens with one attached hydrogen (secondary N) is 1. The molecule has 0 saturated heterocycles. The van der Waals surface area contributed by atoms with Gasteiger partial charge in [0, 0.05) is 23.4 Å². The largest absolute Gasteiger partial charge is 0.496 e. The van der Waals surface area contributed by atoms with Crippen molar-refractivity contribution in [3.63, 3.8) is 0 Å². The number of aromatic nitrogens is 3. The van der Waals surface area contributed by atoms with Crippen LogP contribution in [-0.4, -0.2) is 47.4 Å². The first-order valence-electron chi connectivity index (χ1n) is 9.72. The van der Waals surface area contributed by atoms with Gasteiger partial charge in [0.25, 0.3) is 5.91 Å². The maximum absolute atomic E-state index is 12.5. The number of pyridine rings is 1. The summed E-state index contributed by atoms with van der Waals surface area (Å²) in [6, 6.07) is 8.57. The van der Waals surface area contributed by atoms with E-state index in [-0.39, 0.29) is 17.1 Å². The van der Waals surface area contributed by atoms with Gasteiger partial charge in [0.1, 0.15) is 29.3 Å². The number of amides is 1. The molecule has 172 valence electrons. The van der Waals surface area contributed by atoms with Gasteiger partial charge in [0.05, 0.1) is 31.8 Å². The van der Waals surface area contributed by atoms with Crippen molar-refractivity contribution in [3.05, 3.63) is 54.0 Å². The van der Waals surface area contributed by atoms with Crippen LogP contribution in [0.1, 0.15) is 16.1 Å². The van der Waals surface area contributed by atoms with Gasteiger partial charge in [0.15, 0.2) is 5.76 Å². The SMILES string of the molecule is COc1cc(-c2cnc3cc(-c4cc(C)no4)ccn23)cc(OC)c1C(=O)NCC(F)(F)F. The molecule has 0 radical (unpaired) electrons. The Labute approximate surface area is 185 Å². The molecule has 11 heteroatoms. The number of aryl methyl sites for hydroxylation is 1. The molecule has 0 aliphatic rings. The molecule has 33 heavy (non-hydrogen) atoms. The summed E-state index contributed by atoms with van der Waals surface area (Å²) in [7, 11) is 2.64. The summed E-state index contributed by atoms with van der Waals surface area (Å²) >= 11 is 0. The number of ether oxygens (including phenoxy) is 2. The number of methoxy groups -OCH3 is 2. The maximum atomic E-state index is 12.5. The number of imidazole rings is 1. The first-order chi connectivity index (χ1) is 15.7. The molecular formula is C22H19F3N4O4. The van der Waals surface area contributed by atoms with E-state index in [1.54, 1.807) is 24.5 Å². The van der Waals surface area contributed by atoms with Crippen LogP contribution >= 0.6 is 0 Å². The fourth-order valence-electron chi connectivity index (χ4n) is 3.40. The van der Waals surface area contributed by atoms with Gasteiger partial charge in [-0.25, -0.2) is 4.98 Å². The summed E-state index contributed by atoms with van der Waals surface area (Å²) in [5.41, 5.74) is 3.29. The molecule has 4 rings (SSSR count). The third-order valence-electron chi connectivity index (χ3n) is 4.90. The Hall–Kier alpha value is -4.02. The highest BCUT2D eigenvalue weighted by molar-refractivity contribution is 6.00. The summed E-state index contributed by atoms with van der Waals surface area (Å²) in [6.45, 7) is 0.354. The average Bonchev–Trinajstić information content (AvgIpc) is 3.41. The minimum atomic E-state index is -4.55. The van der Waals surface area contributed by atoms with Crippen molar-refractivity contribution in [3.8, 4) is 34.1 Å². The molecule has 4 aromatic rings. The lowest BCUT2D eigenvalue weighted by Crippen LogP contribution is -2.34. The lowest BCUT2D eigenvalue weighted by Gasteiger charge is -2.16. The summed E-state index contributed by atoms with van der Waals surface area (Å²) in [6.07, 6.45) is -1.12. The zero-order valence-electron chi connectivity index (χ0n) is 17.9. The number of benzene rings is 1. The van der Waals surface area contributed by atoms with E-state index in [4.69, 9.17) is 14.0 Å². The van der Waals surface area contributed by atoms with Crippen LogP contribution in [0.4, 0.5) is 13.2 Å². The van der Waals surface area contributed by atoms with E-state index in [9.17, 15) is 18.0 Å². The number of nitrogens with zero attached hydrogens (tertiary/aromatic N) is 3. The number of hydrogen-bond donors (Lipinski definition) is 1. The van der Waals surface area contributed by atoms with Gasteiger partial charge in [-0.05, 0) is 31.2 Å². The minimum Gasteiger partial charge on any atom is -0.496 e. The lowest BCUT2D eigenvalue weighted by molar-refractivity contribution is -0.123. The molecule has 1 aromatic carbocycles. The van der Waals surface area contributed by atoms with Crippen LogP contribution in [0, 0.1) is 6.92 Å². The predicted octanol–water partition coefficient (Wildman–Crippen LogP) is 4.27. The maximum Gasteiger partial charge on any atom is 0.405 e. The zero-order chi connectivity index (χ0) is 23.8. The normalized spacial score (nSPS) is 11.6. The Morgan fingerprint density at radius 1 is 1.12 bits per heavy atom. The topological polar surface area (TPSA) is 90.9 Å². The fourth-order valence-corrected chi connectivity index (χ4v) is 3.40. The average molecular weight is 460 g/mol. The Balaban J connectivity index is 1.74. The molecule has 0 saturated carbocycles. The Kier molecular flexibility index (Phi) is 5.71. The van der Waals surface area contributed by atoms with Crippen molar-refractivity contribution in [2.45, 2.75) is 13.1 Å². The van der Waals surface area contributed by atoms with Crippen LogP contribution in [0.5, 0.6) is 11.5 Å². The van der Waals surface area contributed by atoms with E-state index in [0.717, 1.165) is 11.3 Å². The van der Waals surface area contributed by atoms with E-state index in [2.05, 4.69) is 10.1 Å². The number of rotatable bonds is 6. The predicted molar refractivity (Wildman–Crippen MR) is 112 cm³/mol. The third-order valence-corrected chi connectivity index (χ3v) is 4.90. The van der Waals surface area contributed by atoms with Crippen LogP contribution in [0.3, 0.4) is 0 Å². The lowest BCUT2D eigenvalue weighted by atomic mass is 10.1. The van der Waals surface area contributed by atoms with E-state index in [0.29, 0.717) is 22.7 Å². The molecule has 1 N–H and O–H groups in total. The molecule has 1 amide bonds. The summed E-state index contributed by atoms with van der Waals surface area (Å²) < 4.78 is 55.3. The molecule has 0 bridgehead atoms. The number of halogens is 3. The summed E-state index contributed by atoms with van der Waals surface area (Å²) in [4.78, 5) is 16.9. The Morgan fingerprint density at radius 3 is 2.39 bits per heavy atom. The second-order valence-corrected chi connectivity index (χ2v) is 7.17. The minimum absolute atomic E-state index is 0.0627. The molecule has 3 heterocycles. The highest BCUT2D eigenvalue weighted by atomic mass is 19.4. The van der Waals surface area contributed by atoms with Crippen molar-refractivity contribution < 1.29 is 32.0 Å². The van der Waals surface area contributed by atoms with Gasteiger partial charge in [-0.1, -0.05) is 5.16 Å². The molecule has 0 unspecified atom stereocenters. The molecule has 0 spiro atoms. The molecule has 0 fully saturated rings. The number of carbonyl (C=O) groups is 1. The zero-order valence-corrected chi connectivity index (χ0v) is 17.9. The van der Waals surface area contributed by atoms with Crippen LogP contribution in [0.25, 0.3) is 28.2 Å². The van der Waals surface area contributed by atoms with Gasteiger partial charge in [-0.3, -0.25) is 9.20 Å². The molecular weight excluding hydrogens is 441 g/mol. The standard InChI is InChI=1S/C22H19F3N4O4/c1-12-6-16(33-28-12)13-4-5-29-15(10-26-19(29)9-13)14-7-17(31-2)20(18(8-14)32-3)21(30)27-11-22(23,24)25/h4-10H,11H2,1-3H3,(H,27,30). The van der Waals surface area contributed by atoms with Gasteiger partial charge in [0.2, 0.25) is 0 Å². The van der Waals surface area contributed by atoms with E-state index in [1.165, 1.54) is 14.2 Å². The van der Waals surface area contributed by atoms with Crippen LogP contribution in [-0.2, 0) is 0 Å². The van der Waals surface area contributed by atoms with Crippen molar-refractivity contribution in [2.24, 2.45) is 0 Å². The molecule has 0 aliphatic heterocycles. The number of alkyl halides is 3. The fraction of sp³-hybridized carbons (Fsp3) is 0.227. The van der Waals surface area contributed by atoms with Gasteiger partial charge >= 0.3 is 6.18 Å². The van der Waals surface area contributed by atoms with Gasteiger partial charge in [-0.2, -0.15) is 13.2 Å². The number of fused-ring (bicyclic) bond motifs is 1. The molecule has 3 aromatic heterocycles.